The van der Waals surface area contributed by atoms with Crippen LogP contribution in [0, 0.1) is 10.1 Å². The molecule has 0 radical (unpaired) electrons. The van der Waals surface area contributed by atoms with E-state index < -0.39 is 10.9 Å². The summed E-state index contributed by atoms with van der Waals surface area (Å²) in [5.74, 6) is -0.618. The van der Waals surface area contributed by atoms with Gasteiger partial charge >= 0.3 is 5.97 Å². The average molecular weight is 256 g/mol. The van der Waals surface area contributed by atoms with Crippen LogP contribution < -0.4 is 0 Å². The molecule has 0 aliphatic heterocycles. The Morgan fingerprint density at radius 3 is 2.53 bits per heavy atom. The summed E-state index contributed by atoms with van der Waals surface area (Å²) in [6.45, 7) is 1.91. The standard InChI is InChI=1S/C11H10ClNO4/c1-2-17-11(14)10(12)7-8-3-5-9(6-4-8)13(15)16/h3-7H,2H2,1H3. The maximum Gasteiger partial charge on any atom is 0.349 e. The van der Waals surface area contributed by atoms with Crippen molar-refractivity contribution in [1.29, 1.82) is 0 Å². The van der Waals surface area contributed by atoms with Gasteiger partial charge < -0.3 is 4.74 Å². The smallest absolute Gasteiger partial charge is 0.349 e. The highest BCUT2D eigenvalue weighted by molar-refractivity contribution is 6.43. The zero-order valence-electron chi connectivity index (χ0n) is 9.05. The number of halogens is 1. The summed E-state index contributed by atoms with van der Waals surface area (Å²) in [4.78, 5) is 21.1. The molecule has 1 aromatic carbocycles. The van der Waals surface area contributed by atoms with Crippen LogP contribution in [-0.4, -0.2) is 17.5 Å². The molecule has 17 heavy (non-hydrogen) atoms. The van der Waals surface area contributed by atoms with Gasteiger partial charge in [-0.2, -0.15) is 0 Å². The molecule has 0 atom stereocenters. The van der Waals surface area contributed by atoms with Crippen molar-refractivity contribution in [3.8, 4) is 0 Å². The van der Waals surface area contributed by atoms with Crippen molar-refractivity contribution in [2.24, 2.45) is 0 Å². The third-order valence-corrected chi connectivity index (χ3v) is 2.13. The first-order valence-electron chi connectivity index (χ1n) is 4.83. The van der Waals surface area contributed by atoms with Gasteiger partial charge in [0.2, 0.25) is 0 Å². The molecule has 0 bridgehead atoms. The second-order valence-electron chi connectivity index (χ2n) is 3.06. The fourth-order valence-corrected chi connectivity index (χ4v) is 1.28. The van der Waals surface area contributed by atoms with Crippen molar-refractivity contribution in [3.63, 3.8) is 0 Å². The Morgan fingerprint density at radius 2 is 2.06 bits per heavy atom. The Balaban J connectivity index is 2.84. The first-order chi connectivity index (χ1) is 8.04. The van der Waals surface area contributed by atoms with Crippen LogP contribution in [0.15, 0.2) is 29.3 Å². The van der Waals surface area contributed by atoms with Crippen LogP contribution in [0.4, 0.5) is 5.69 Å². The van der Waals surface area contributed by atoms with Crippen molar-refractivity contribution in [2.75, 3.05) is 6.61 Å². The molecular formula is C11H10ClNO4. The van der Waals surface area contributed by atoms with Gasteiger partial charge in [-0.15, -0.1) is 0 Å². The van der Waals surface area contributed by atoms with Gasteiger partial charge in [-0.1, -0.05) is 11.6 Å². The number of esters is 1. The number of non-ortho nitro benzene ring substituents is 1. The fraction of sp³-hybridized carbons (Fsp3) is 0.182. The molecule has 0 spiro atoms. The Morgan fingerprint density at radius 1 is 1.47 bits per heavy atom. The number of hydrogen-bond donors (Lipinski definition) is 0. The highest BCUT2D eigenvalue weighted by Gasteiger charge is 2.08. The summed E-state index contributed by atoms with van der Waals surface area (Å²) in [5, 5.41) is 10.3. The summed E-state index contributed by atoms with van der Waals surface area (Å²) in [6.07, 6.45) is 1.39. The lowest BCUT2D eigenvalue weighted by molar-refractivity contribution is -0.384. The number of nitrogens with zero attached hydrogens (tertiary/aromatic N) is 1. The van der Waals surface area contributed by atoms with Gasteiger partial charge in [0.1, 0.15) is 5.03 Å². The Bertz CT molecular complexity index is 453. The summed E-state index contributed by atoms with van der Waals surface area (Å²) < 4.78 is 4.69. The predicted octanol–water partition coefficient (Wildman–Crippen LogP) is 2.74. The van der Waals surface area contributed by atoms with Gasteiger partial charge in [-0.05, 0) is 30.7 Å². The van der Waals surface area contributed by atoms with Crippen LogP contribution in [0.2, 0.25) is 0 Å². The van der Waals surface area contributed by atoms with Gasteiger partial charge in [-0.25, -0.2) is 4.79 Å². The van der Waals surface area contributed by atoms with E-state index in [1.165, 1.54) is 30.3 Å². The number of carbonyl (C=O) groups is 1. The monoisotopic (exact) mass is 255 g/mol. The van der Waals surface area contributed by atoms with Gasteiger partial charge in [-0.3, -0.25) is 10.1 Å². The second kappa shape index (κ2) is 6.00. The normalized spacial score (nSPS) is 11.1. The minimum atomic E-state index is -0.618. The van der Waals surface area contributed by atoms with E-state index in [1.54, 1.807) is 6.92 Å². The van der Waals surface area contributed by atoms with Crippen LogP contribution in [0.3, 0.4) is 0 Å². The molecule has 0 aromatic heterocycles. The molecule has 0 N–H and O–H groups in total. The molecule has 0 amide bonds. The molecule has 1 rings (SSSR count). The molecule has 1 aromatic rings. The van der Waals surface area contributed by atoms with Crippen molar-refractivity contribution < 1.29 is 14.5 Å². The first kappa shape index (κ1) is 13.2. The molecule has 90 valence electrons. The molecule has 0 saturated heterocycles. The van der Waals surface area contributed by atoms with E-state index >= 15 is 0 Å². The van der Waals surface area contributed by atoms with E-state index in [9.17, 15) is 14.9 Å². The molecular weight excluding hydrogens is 246 g/mol. The zero-order chi connectivity index (χ0) is 12.8. The molecule has 0 unspecified atom stereocenters. The quantitative estimate of drug-likeness (QED) is 0.359. The van der Waals surface area contributed by atoms with Crippen molar-refractivity contribution in [1.82, 2.24) is 0 Å². The largest absolute Gasteiger partial charge is 0.462 e. The number of nitro benzene ring substituents is 1. The van der Waals surface area contributed by atoms with Gasteiger partial charge in [0, 0.05) is 12.1 Å². The van der Waals surface area contributed by atoms with E-state index in [4.69, 9.17) is 16.3 Å². The van der Waals surface area contributed by atoms with Gasteiger partial charge in [0.05, 0.1) is 11.5 Å². The minimum absolute atomic E-state index is 0.0191. The lowest BCUT2D eigenvalue weighted by Gasteiger charge is -1.99. The third kappa shape index (κ3) is 3.88. The van der Waals surface area contributed by atoms with Gasteiger partial charge in [0.15, 0.2) is 0 Å². The number of ether oxygens (including phenoxy) is 1. The Hall–Kier alpha value is -1.88. The van der Waals surface area contributed by atoms with Crippen molar-refractivity contribution in [3.05, 3.63) is 45.0 Å². The topological polar surface area (TPSA) is 69.4 Å². The maximum atomic E-state index is 11.2. The molecule has 0 aliphatic rings. The Labute approximate surface area is 103 Å². The first-order valence-corrected chi connectivity index (χ1v) is 5.21. The predicted molar refractivity (Wildman–Crippen MR) is 63.6 cm³/mol. The van der Waals surface area contributed by atoms with Crippen LogP contribution in [0.5, 0.6) is 0 Å². The molecule has 5 nitrogen and oxygen atoms in total. The lowest BCUT2D eigenvalue weighted by Crippen LogP contribution is -2.03. The molecule has 6 heteroatoms. The summed E-state index contributed by atoms with van der Waals surface area (Å²) >= 11 is 5.70. The van der Waals surface area contributed by atoms with Crippen molar-refractivity contribution >= 4 is 29.3 Å². The minimum Gasteiger partial charge on any atom is -0.462 e. The third-order valence-electron chi connectivity index (χ3n) is 1.87. The SMILES string of the molecule is CCOC(=O)C(Cl)=Cc1ccc([N+](=O)[O-])cc1. The number of nitro groups is 1. The molecule has 0 fully saturated rings. The highest BCUT2D eigenvalue weighted by atomic mass is 35.5. The van der Waals surface area contributed by atoms with Crippen LogP contribution in [-0.2, 0) is 9.53 Å². The highest BCUT2D eigenvalue weighted by Crippen LogP contribution is 2.16. The summed E-state index contributed by atoms with van der Waals surface area (Å²) in [7, 11) is 0. The molecule has 0 aliphatic carbocycles. The van der Waals surface area contributed by atoms with E-state index in [0.29, 0.717) is 5.56 Å². The van der Waals surface area contributed by atoms with E-state index in [2.05, 4.69) is 0 Å². The van der Waals surface area contributed by atoms with Crippen LogP contribution in [0.1, 0.15) is 12.5 Å². The molecule has 0 saturated carbocycles. The van der Waals surface area contributed by atoms with E-state index in [1.807, 2.05) is 0 Å². The lowest BCUT2D eigenvalue weighted by atomic mass is 10.2. The summed E-state index contributed by atoms with van der Waals surface area (Å²) in [6, 6.07) is 5.67. The van der Waals surface area contributed by atoms with Crippen LogP contribution in [0.25, 0.3) is 6.08 Å². The van der Waals surface area contributed by atoms with Gasteiger partial charge in [0.25, 0.3) is 5.69 Å². The zero-order valence-corrected chi connectivity index (χ0v) is 9.81. The average Bonchev–Trinajstić information content (AvgIpc) is 2.30. The maximum absolute atomic E-state index is 11.2. The Kier molecular flexibility index (Phi) is 4.66. The van der Waals surface area contributed by atoms with E-state index in [0.717, 1.165) is 0 Å². The number of benzene rings is 1. The number of rotatable bonds is 4. The number of hydrogen-bond acceptors (Lipinski definition) is 4. The second-order valence-corrected chi connectivity index (χ2v) is 3.47. The van der Waals surface area contributed by atoms with Crippen LogP contribution >= 0.6 is 11.6 Å². The summed E-state index contributed by atoms with van der Waals surface area (Å²) in [5.41, 5.74) is 0.572. The molecule has 0 heterocycles. The van der Waals surface area contributed by atoms with Crippen molar-refractivity contribution in [2.45, 2.75) is 6.92 Å². The number of carbonyl (C=O) groups excluding carboxylic acids is 1. The fourth-order valence-electron chi connectivity index (χ4n) is 1.10. The van der Waals surface area contributed by atoms with E-state index in [-0.39, 0.29) is 17.3 Å².